The molecule has 8 heteroatoms. The van der Waals surface area contributed by atoms with Crippen LogP contribution < -0.4 is 5.32 Å². The van der Waals surface area contributed by atoms with E-state index in [0.29, 0.717) is 29.6 Å². The fourth-order valence-electron chi connectivity index (χ4n) is 4.00. The number of benzene rings is 1. The van der Waals surface area contributed by atoms with E-state index in [0.717, 1.165) is 48.3 Å². The van der Waals surface area contributed by atoms with Crippen LogP contribution >= 0.6 is 23.2 Å². The maximum atomic E-state index is 12.9. The van der Waals surface area contributed by atoms with Crippen LogP contribution in [0.25, 0.3) is 5.69 Å². The first-order chi connectivity index (χ1) is 14.3. The third-order valence-electron chi connectivity index (χ3n) is 6.06. The van der Waals surface area contributed by atoms with Gasteiger partial charge in [-0.15, -0.1) is 0 Å². The number of hydrogen-bond donors (Lipinski definition) is 1. The van der Waals surface area contributed by atoms with Crippen LogP contribution in [-0.2, 0) is 16.0 Å². The normalized spacial score (nSPS) is 17.3. The van der Waals surface area contributed by atoms with Crippen LogP contribution in [0.3, 0.4) is 0 Å². The van der Waals surface area contributed by atoms with Gasteiger partial charge in [0, 0.05) is 36.3 Å². The Balaban J connectivity index is 1.39. The molecule has 0 radical (unpaired) electrons. The first kappa shape index (κ1) is 21.2. The maximum Gasteiger partial charge on any atom is 0.227 e. The summed E-state index contributed by atoms with van der Waals surface area (Å²) < 4.78 is 1.81. The van der Waals surface area contributed by atoms with Crippen LogP contribution in [0.15, 0.2) is 18.2 Å². The minimum absolute atomic E-state index is 0.0989. The molecule has 0 bridgehead atoms. The first-order valence-electron chi connectivity index (χ1n) is 10.4. The van der Waals surface area contributed by atoms with E-state index in [1.165, 1.54) is 0 Å². The summed E-state index contributed by atoms with van der Waals surface area (Å²) in [6.45, 7) is 5.23. The zero-order valence-electron chi connectivity index (χ0n) is 17.3. The third-order valence-corrected chi connectivity index (χ3v) is 6.80. The van der Waals surface area contributed by atoms with Crippen LogP contribution in [-0.4, -0.2) is 45.6 Å². The first-order valence-corrected chi connectivity index (χ1v) is 11.2. The SMILES string of the molecule is Cc1nn(-c2ccc(Cl)c(Cl)c2)c(C)c1CC(=O)N1CCC(NC(=O)C2CC2)CC1. The number of nitrogens with zero attached hydrogens (tertiary/aromatic N) is 3. The van der Waals surface area contributed by atoms with Gasteiger partial charge in [-0.2, -0.15) is 5.10 Å². The van der Waals surface area contributed by atoms with E-state index < -0.39 is 0 Å². The maximum absolute atomic E-state index is 12.9. The van der Waals surface area contributed by atoms with Crippen molar-refractivity contribution < 1.29 is 9.59 Å². The Morgan fingerprint density at radius 2 is 1.80 bits per heavy atom. The highest BCUT2D eigenvalue weighted by atomic mass is 35.5. The second-order valence-corrected chi connectivity index (χ2v) is 9.09. The molecule has 2 fully saturated rings. The number of carbonyl (C=O) groups is 2. The van der Waals surface area contributed by atoms with Crippen molar-refractivity contribution in [2.24, 2.45) is 5.92 Å². The lowest BCUT2D eigenvalue weighted by Crippen LogP contribution is -2.47. The van der Waals surface area contributed by atoms with Gasteiger partial charge in [-0.1, -0.05) is 23.2 Å². The third kappa shape index (κ3) is 4.49. The van der Waals surface area contributed by atoms with Gasteiger partial charge in [0.05, 0.1) is 27.8 Å². The summed E-state index contributed by atoms with van der Waals surface area (Å²) in [5.41, 5.74) is 3.51. The molecule has 1 aromatic carbocycles. The quantitative estimate of drug-likeness (QED) is 0.754. The van der Waals surface area contributed by atoms with E-state index in [1.807, 2.05) is 24.8 Å². The van der Waals surface area contributed by atoms with Gasteiger partial charge in [0.1, 0.15) is 0 Å². The number of piperidine rings is 1. The second-order valence-electron chi connectivity index (χ2n) is 8.27. The summed E-state index contributed by atoms with van der Waals surface area (Å²) >= 11 is 12.2. The average molecular weight is 449 g/mol. The smallest absolute Gasteiger partial charge is 0.227 e. The van der Waals surface area contributed by atoms with E-state index >= 15 is 0 Å². The Bertz CT molecular complexity index is 976. The molecule has 1 aromatic heterocycles. The van der Waals surface area contributed by atoms with Crippen molar-refractivity contribution in [3.63, 3.8) is 0 Å². The van der Waals surface area contributed by atoms with Crippen LogP contribution in [0, 0.1) is 19.8 Å². The molecule has 30 heavy (non-hydrogen) atoms. The molecule has 2 aromatic rings. The monoisotopic (exact) mass is 448 g/mol. The Morgan fingerprint density at radius 1 is 1.10 bits per heavy atom. The van der Waals surface area contributed by atoms with Gasteiger partial charge < -0.3 is 10.2 Å². The van der Waals surface area contributed by atoms with Crippen LogP contribution in [0.4, 0.5) is 0 Å². The highest BCUT2D eigenvalue weighted by Gasteiger charge is 2.32. The molecule has 4 rings (SSSR count). The zero-order chi connectivity index (χ0) is 21.4. The summed E-state index contributed by atoms with van der Waals surface area (Å²) in [7, 11) is 0. The Morgan fingerprint density at radius 3 is 2.43 bits per heavy atom. The number of aryl methyl sites for hydroxylation is 1. The molecule has 1 N–H and O–H groups in total. The van der Waals surface area contributed by atoms with E-state index in [1.54, 1.807) is 16.8 Å². The highest BCUT2D eigenvalue weighted by molar-refractivity contribution is 6.42. The van der Waals surface area contributed by atoms with Gasteiger partial charge in [-0.05, 0) is 57.7 Å². The van der Waals surface area contributed by atoms with Crippen LogP contribution in [0.1, 0.15) is 42.6 Å². The minimum Gasteiger partial charge on any atom is -0.353 e. The standard InChI is InChI=1S/C22H26Cl2N4O2/c1-13-18(14(2)28(26-13)17-5-6-19(23)20(24)11-17)12-21(29)27-9-7-16(8-10-27)25-22(30)15-3-4-15/h5-6,11,15-16H,3-4,7-10,12H2,1-2H3,(H,25,30). The minimum atomic E-state index is 0.0989. The molecular formula is C22H26Cl2N4O2. The van der Waals surface area contributed by atoms with Gasteiger partial charge in [0.2, 0.25) is 11.8 Å². The molecule has 0 unspecified atom stereocenters. The number of nitrogens with one attached hydrogen (secondary N) is 1. The molecule has 2 heterocycles. The lowest BCUT2D eigenvalue weighted by atomic mass is 10.0. The molecule has 160 valence electrons. The molecule has 0 atom stereocenters. The van der Waals surface area contributed by atoms with Gasteiger partial charge in [0.25, 0.3) is 0 Å². The number of aromatic nitrogens is 2. The summed E-state index contributed by atoms with van der Waals surface area (Å²) in [6, 6.07) is 5.56. The number of likely N-dealkylation sites (tertiary alicyclic amines) is 1. The van der Waals surface area contributed by atoms with Crippen LogP contribution in [0.5, 0.6) is 0 Å². The van der Waals surface area contributed by atoms with Gasteiger partial charge in [-0.25, -0.2) is 4.68 Å². The molecular weight excluding hydrogens is 423 g/mol. The Hall–Kier alpha value is -2.05. The fourth-order valence-corrected chi connectivity index (χ4v) is 4.29. The molecule has 2 amide bonds. The van der Waals surface area contributed by atoms with Gasteiger partial charge in [-0.3, -0.25) is 9.59 Å². The molecule has 1 aliphatic heterocycles. The second kappa shape index (κ2) is 8.60. The molecule has 1 saturated heterocycles. The van der Waals surface area contributed by atoms with Gasteiger partial charge in [0.15, 0.2) is 0 Å². The fraction of sp³-hybridized carbons (Fsp3) is 0.500. The summed E-state index contributed by atoms with van der Waals surface area (Å²) in [5.74, 6) is 0.505. The summed E-state index contributed by atoms with van der Waals surface area (Å²) in [5, 5.41) is 8.70. The average Bonchev–Trinajstić information content (AvgIpc) is 3.54. The molecule has 6 nitrogen and oxygen atoms in total. The summed E-state index contributed by atoms with van der Waals surface area (Å²) in [4.78, 5) is 26.8. The van der Waals surface area contributed by atoms with Crippen molar-refractivity contribution in [3.8, 4) is 5.69 Å². The number of amides is 2. The van der Waals surface area contributed by atoms with Crippen molar-refractivity contribution in [1.29, 1.82) is 0 Å². The van der Waals surface area contributed by atoms with Gasteiger partial charge >= 0.3 is 0 Å². The van der Waals surface area contributed by atoms with Crippen molar-refractivity contribution in [1.82, 2.24) is 20.0 Å². The largest absolute Gasteiger partial charge is 0.353 e. The Kier molecular flexibility index (Phi) is 6.07. The predicted molar refractivity (Wildman–Crippen MR) is 117 cm³/mol. The van der Waals surface area contributed by atoms with Crippen molar-refractivity contribution in [2.75, 3.05) is 13.1 Å². The number of halogens is 2. The van der Waals surface area contributed by atoms with Crippen molar-refractivity contribution >= 4 is 35.0 Å². The van der Waals surface area contributed by atoms with E-state index in [-0.39, 0.29) is 23.8 Å². The lowest BCUT2D eigenvalue weighted by molar-refractivity contribution is -0.131. The Labute approximate surface area is 186 Å². The van der Waals surface area contributed by atoms with Crippen molar-refractivity contribution in [3.05, 3.63) is 45.2 Å². The predicted octanol–water partition coefficient (Wildman–Crippen LogP) is 3.86. The summed E-state index contributed by atoms with van der Waals surface area (Å²) in [6.07, 6.45) is 3.96. The van der Waals surface area contributed by atoms with Crippen molar-refractivity contribution in [2.45, 2.75) is 52.0 Å². The molecule has 2 aliphatic rings. The number of carbonyl (C=O) groups excluding carboxylic acids is 2. The zero-order valence-corrected chi connectivity index (χ0v) is 18.8. The molecule has 1 aliphatic carbocycles. The van der Waals surface area contributed by atoms with E-state index in [4.69, 9.17) is 23.2 Å². The number of hydrogen-bond acceptors (Lipinski definition) is 3. The van der Waals surface area contributed by atoms with E-state index in [2.05, 4.69) is 10.4 Å². The topological polar surface area (TPSA) is 67.2 Å². The molecule has 0 spiro atoms. The highest BCUT2D eigenvalue weighted by Crippen LogP contribution is 2.29. The molecule has 1 saturated carbocycles. The number of rotatable bonds is 5. The lowest BCUT2D eigenvalue weighted by Gasteiger charge is -2.32. The van der Waals surface area contributed by atoms with Crippen LogP contribution in [0.2, 0.25) is 10.0 Å². The van der Waals surface area contributed by atoms with E-state index in [9.17, 15) is 9.59 Å².